The maximum absolute atomic E-state index is 5.80. The molecule has 3 rings (SSSR count). The summed E-state index contributed by atoms with van der Waals surface area (Å²) in [4.78, 5) is 15.4. The number of ether oxygens (including phenoxy) is 2. The van der Waals surface area contributed by atoms with Crippen molar-refractivity contribution >= 4 is 41.3 Å². The first-order valence-electron chi connectivity index (χ1n) is 10.1. The van der Waals surface area contributed by atoms with Crippen LogP contribution in [0.25, 0.3) is 0 Å². The molecule has 0 amide bonds. The van der Waals surface area contributed by atoms with Gasteiger partial charge in [-0.05, 0) is 36.8 Å². The maximum atomic E-state index is 5.80. The Morgan fingerprint density at radius 3 is 2.62 bits per heavy atom. The summed E-state index contributed by atoms with van der Waals surface area (Å²) in [7, 11) is 5.48. The van der Waals surface area contributed by atoms with E-state index < -0.39 is 0 Å². The normalized spacial score (nSPS) is 12.1. The first-order valence-corrected chi connectivity index (χ1v) is 11.0. The van der Waals surface area contributed by atoms with Crippen LogP contribution >= 0.6 is 35.3 Å². The van der Waals surface area contributed by atoms with Gasteiger partial charge in [0.1, 0.15) is 23.5 Å². The molecule has 0 spiro atoms. The van der Waals surface area contributed by atoms with Gasteiger partial charge in [0, 0.05) is 39.3 Å². The highest BCUT2D eigenvalue weighted by molar-refractivity contribution is 14.0. The Hall–Kier alpha value is -2.24. The summed E-state index contributed by atoms with van der Waals surface area (Å²) in [6.45, 7) is 3.80. The number of benzene rings is 1. The van der Waals surface area contributed by atoms with Crippen LogP contribution in [0.2, 0.25) is 0 Å². The third-order valence-electron chi connectivity index (χ3n) is 4.73. The maximum Gasteiger partial charge on any atom is 0.194 e. The van der Waals surface area contributed by atoms with Crippen LogP contribution < -0.4 is 10.1 Å². The molecule has 3 aromatic rings. The van der Waals surface area contributed by atoms with Crippen LogP contribution in [0.3, 0.4) is 0 Å². The number of rotatable bonds is 9. The van der Waals surface area contributed by atoms with Crippen LogP contribution in [-0.4, -0.2) is 42.0 Å². The molecular weight excluding hydrogens is 537 g/mol. The van der Waals surface area contributed by atoms with E-state index in [0.29, 0.717) is 19.7 Å². The molecule has 1 atom stereocenters. The molecule has 1 N–H and O–H groups in total. The Morgan fingerprint density at radius 2 is 1.97 bits per heavy atom. The average molecular weight is 567 g/mol. The highest BCUT2D eigenvalue weighted by atomic mass is 127. The summed E-state index contributed by atoms with van der Waals surface area (Å²) in [6.07, 6.45) is 1.78. The second-order valence-corrected chi connectivity index (χ2v) is 7.96. The van der Waals surface area contributed by atoms with Crippen LogP contribution in [0.15, 0.2) is 59.0 Å². The standard InChI is InChI=1S/C23H29N5O2S.HI/c1-17(29-4)22-27-20(16-31-22)14-28(3)23(24-2)26-13-18-8-10-21(11-9-18)30-15-19-7-5-6-12-25-19;/h5-12,16-17H,13-15H2,1-4H3,(H,24,26);1H. The summed E-state index contributed by atoms with van der Waals surface area (Å²) in [5, 5.41) is 6.45. The van der Waals surface area contributed by atoms with Crippen molar-refractivity contribution in [2.24, 2.45) is 4.99 Å². The van der Waals surface area contributed by atoms with E-state index >= 15 is 0 Å². The van der Waals surface area contributed by atoms with E-state index in [0.717, 1.165) is 33.7 Å². The van der Waals surface area contributed by atoms with Crippen molar-refractivity contribution in [3.05, 3.63) is 76.0 Å². The first-order chi connectivity index (χ1) is 15.1. The average Bonchev–Trinajstić information content (AvgIpc) is 3.27. The van der Waals surface area contributed by atoms with E-state index in [4.69, 9.17) is 9.47 Å². The van der Waals surface area contributed by atoms with Gasteiger partial charge in [0.2, 0.25) is 0 Å². The molecule has 0 radical (unpaired) electrons. The minimum Gasteiger partial charge on any atom is -0.487 e. The Morgan fingerprint density at radius 1 is 1.19 bits per heavy atom. The predicted octanol–water partition coefficient (Wildman–Crippen LogP) is 4.65. The van der Waals surface area contributed by atoms with Crippen molar-refractivity contribution in [2.75, 3.05) is 21.2 Å². The molecule has 0 bridgehead atoms. The van der Waals surface area contributed by atoms with Crippen LogP contribution in [-0.2, 0) is 24.4 Å². The summed E-state index contributed by atoms with van der Waals surface area (Å²) >= 11 is 1.62. The summed E-state index contributed by atoms with van der Waals surface area (Å²) in [6, 6.07) is 13.8. The zero-order valence-electron chi connectivity index (χ0n) is 18.8. The number of aliphatic imine (C=N–C) groups is 1. The lowest BCUT2D eigenvalue weighted by Crippen LogP contribution is -2.38. The van der Waals surface area contributed by atoms with Gasteiger partial charge in [-0.15, -0.1) is 35.3 Å². The molecule has 0 aliphatic rings. The molecular formula is C23H30IN5O2S. The number of hydrogen-bond acceptors (Lipinski definition) is 6. The molecule has 7 nitrogen and oxygen atoms in total. The quantitative estimate of drug-likeness (QED) is 0.231. The largest absolute Gasteiger partial charge is 0.487 e. The molecule has 0 saturated heterocycles. The molecule has 1 unspecified atom stereocenters. The van der Waals surface area contributed by atoms with Gasteiger partial charge in [0.15, 0.2) is 5.96 Å². The molecule has 2 heterocycles. The van der Waals surface area contributed by atoms with Gasteiger partial charge in [0.05, 0.1) is 17.9 Å². The van der Waals surface area contributed by atoms with Gasteiger partial charge in [0.25, 0.3) is 0 Å². The van der Waals surface area contributed by atoms with Crippen molar-refractivity contribution in [2.45, 2.75) is 32.7 Å². The smallest absolute Gasteiger partial charge is 0.194 e. The van der Waals surface area contributed by atoms with Gasteiger partial charge in [-0.3, -0.25) is 9.98 Å². The Labute approximate surface area is 210 Å². The lowest BCUT2D eigenvalue weighted by Gasteiger charge is -2.21. The topological polar surface area (TPSA) is 71.9 Å². The molecule has 0 fully saturated rings. The summed E-state index contributed by atoms with van der Waals surface area (Å²) in [5.74, 6) is 1.63. The first kappa shape index (κ1) is 26.0. The second kappa shape index (κ2) is 13.3. The fraction of sp³-hybridized carbons (Fsp3) is 0.348. The Bertz CT molecular complexity index is 966. The fourth-order valence-electron chi connectivity index (χ4n) is 2.91. The SMILES string of the molecule is CN=C(NCc1ccc(OCc2ccccn2)cc1)N(C)Cc1csc(C(C)OC)n1.I. The van der Waals surface area contributed by atoms with E-state index in [1.807, 2.05) is 56.4 Å². The van der Waals surface area contributed by atoms with Crippen molar-refractivity contribution in [3.8, 4) is 5.75 Å². The second-order valence-electron chi connectivity index (χ2n) is 7.07. The zero-order chi connectivity index (χ0) is 22.1. The Balaban J connectivity index is 0.00000363. The molecule has 0 aliphatic carbocycles. The van der Waals surface area contributed by atoms with Crippen molar-refractivity contribution in [3.63, 3.8) is 0 Å². The monoisotopic (exact) mass is 567 g/mol. The van der Waals surface area contributed by atoms with Gasteiger partial charge in [-0.25, -0.2) is 4.98 Å². The summed E-state index contributed by atoms with van der Waals surface area (Å²) in [5.41, 5.74) is 3.05. The van der Waals surface area contributed by atoms with Gasteiger partial charge >= 0.3 is 0 Å². The highest BCUT2D eigenvalue weighted by Crippen LogP contribution is 2.21. The van der Waals surface area contributed by atoms with Crippen molar-refractivity contribution < 1.29 is 9.47 Å². The number of nitrogens with one attached hydrogen (secondary N) is 1. The van der Waals surface area contributed by atoms with Crippen LogP contribution in [0.5, 0.6) is 5.75 Å². The van der Waals surface area contributed by atoms with E-state index in [2.05, 4.69) is 30.6 Å². The number of aromatic nitrogens is 2. The molecule has 1 aromatic carbocycles. The fourth-order valence-corrected chi connectivity index (χ4v) is 3.75. The highest BCUT2D eigenvalue weighted by Gasteiger charge is 2.12. The molecule has 2 aromatic heterocycles. The van der Waals surface area contributed by atoms with Crippen molar-refractivity contribution in [1.29, 1.82) is 0 Å². The van der Waals surface area contributed by atoms with Gasteiger partial charge in [-0.1, -0.05) is 18.2 Å². The molecule has 0 saturated carbocycles. The lowest BCUT2D eigenvalue weighted by atomic mass is 10.2. The van der Waals surface area contributed by atoms with Crippen LogP contribution in [0, 0.1) is 0 Å². The number of guanidine groups is 1. The van der Waals surface area contributed by atoms with Crippen molar-refractivity contribution in [1.82, 2.24) is 20.2 Å². The number of thiazole rings is 1. The number of nitrogens with zero attached hydrogens (tertiary/aromatic N) is 4. The van der Waals surface area contributed by atoms with E-state index in [1.165, 1.54) is 0 Å². The van der Waals surface area contributed by atoms with Gasteiger partial charge in [-0.2, -0.15) is 0 Å². The zero-order valence-corrected chi connectivity index (χ0v) is 22.0. The van der Waals surface area contributed by atoms with E-state index in [1.54, 1.807) is 31.7 Å². The Kier molecular flexibility index (Phi) is 10.8. The van der Waals surface area contributed by atoms with Crippen LogP contribution in [0.4, 0.5) is 0 Å². The number of hydrogen-bond donors (Lipinski definition) is 1. The van der Waals surface area contributed by atoms with E-state index in [-0.39, 0.29) is 30.1 Å². The third-order valence-corrected chi connectivity index (χ3v) is 5.78. The molecule has 0 aliphatic heterocycles. The molecule has 172 valence electrons. The minimum atomic E-state index is 0. The minimum absolute atomic E-state index is 0. The van der Waals surface area contributed by atoms with Crippen LogP contribution in [0.1, 0.15) is 35.0 Å². The third kappa shape index (κ3) is 7.72. The number of pyridine rings is 1. The number of methoxy groups -OCH3 is 1. The molecule has 9 heteroatoms. The molecule has 32 heavy (non-hydrogen) atoms. The van der Waals surface area contributed by atoms with Gasteiger partial charge < -0.3 is 19.7 Å². The predicted molar refractivity (Wildman–Crippen MR) is 140 cm³/mol. The summed E-state index contributed by atoms with van der Waals surface area (Å²) < 4.78 is 11.1. The van der Waals surface area contributed by atoms with E-state index in [9.17, 15) is 0 Å². The lowest BCUT2D eigenvalue weighted by molar-refractivity contribution is 0.119. The number of halogens is 1.